The first kappa shape index (κ1) is 29.6. The Labute approximate surface area is 135 Å². The topological polar surface area (TPSA) is 143 Å². The van der Waals surface area contributed by atoms with E-state index in [0.717, 1.165) is 0 Å². The Morgan fingerprint density at radius 3 is 0.846 bits per heavy atom. The third kappa shape index (κ3) is 329. The van der Waals surface area contributed by atoms with Crippen LogP contribution in [0.5, 0.6) is 0 Å². The van der Waals surface area contributed by atoms with Crippen molar-refractivity contribution in [2.75, 3.05) is 0 Å². The first-order valence-electron chi connectivity index (χ1n) is 1.33. The molecule has 0 aromatic carbocycles. The van der Waals surface area contributed by atoms with Gasteiger partial charge in [0.05, 0.1) is 0 Å². The second-order valence-electron chi connectivity index (χ2n) is 0.816. The molecule has 1 radical (unpaired) electrons. The molecule has 0 saturated heterocycles. The molecule has 0 aliphatic carbocycles. The zero-order valence-corrected chi connectivity index (χ0v) is 13.8. The quantitative estimate of drug-likeness (QED) is 0.243. The summed E-state index contributed by atoms with van der Waals surface area (Å²) < 4.78 is 60.8. The Bertz CT molecular complexity index is 218. The average molecular weight is 318 g/mol. The van der Waals surface area contributed by atoms with E-state index in [0.29, 0.717) is 0 Å². The van der Waals surface area contributed by atoms with Gasteiger partial charge in [0.2, 0.25) is 0 Å². The molecule has 7 nitrogen and oxygen atoms in total. The molecular formula is CuNa2O7S3. The fourth-order valence-corrected chi connectivity index (χ4v) is 0. The molecule has 0 saturated carbocycles. The van der Waals surface area contributed by atoms with Gasteiger partial charge in [0.25, 0.3) is 0 Å². The van der Waals surface area contributed by atoms with E-state index < -0.39 is 19.5 Å². The van der Waals surface area contributed by atoms with Gasteiger partial charge < -0.3 is 18.2 Å². The molecule has 0 aromatic heterocycles. The largest absolute Gasteiger partial charge is 2.00 e. The van der Waals surface area contributed by atoms with Crippen LogP contribution in [0.3, 0.4) is 0 Å². The van der Waals surface area contributed by atoms with Gasteiger partial charge in [0, 0.05) is 10.4 Å². The fourth-order valence-electron chi connectivity index (χ4n) is 0. The van der Waals surface area contributed by atoms with Crippen molar-refractivity contribution in [1.82, 2.24) is 0 Å². The molecule has 0 amide bonds. The summed E-state index contributed by atoms with van der Waals surface area (Å²) in [7, 11) is -9.50. The molecule has 0 spiro atoms. The van der Waals surface area contributed by atoms with Crippen LogP contribution in [0.4, 0.5) is 0 Å². The zero-order valence-electron chi connectivity index (χ0n) is 6.38. The van der Waals surface area contributed by atoms with E-state index >= 15 is 0 Å². The summed E-state index contributed by atoms with van der Waals surface area (Å²) in [5, 5.41) is 0. The molecular weight excluding hydrogens is 318 g/mol. The average Bonchev–Trinajstić information content (AvgIpc) is 1.12. The molecule has 0 aliphatic rings. The minimum absolute atomic E-state index is 0. The predicted octanol–water partition coefficient (Wildman–Crippen LogP) is -8.34. The van der Waals surface area contributed by atoms with E-state index in [2.05, 4.69) is 11.2 Å². The van der Waals surface area contributed by atoms with Crippen LogP contribution in [0.15, 0.2) is 0 Å². The summed E-state index contributed by atoms with van der Waals surface area (Å²) in [6.07, 6.45) is 0. The van der Waals surface area contributed by atoms with E-state index in [1.165, 1.54) is 0 Å². The minimum atomic E-state index is -5.17. The summed E-state index contributed by atoms with van der Waals surface area (Å²) >= 11 is 3.24. The Kier molecular flexibility index (Phi) is 29.0. The molecule has 0 aliphatic heterocycles. The maximum Gasteiger partial charge on any atom is 2.00 e. The second kappa shape index (κ2) is 12.7. The van der Waals surface area contributed by atoms with Crippen LogP contribution in [0.2, 0.25) is 0 Å². The third-order valence-electron chi connectivity index (χ3n) is 0. The first-order valence-corrected chi connectivity index (χ1v) is 5.00. The Hall–Kier alpha value is 2.68. The maximum atomic E-state index is 8.89. The van der Waals surface area contributed by atoms with Crippen molar-refractivity contribution in [3.63, 3.8) is 0 Å². The van der Waals surface area contributed by atoms with Crippen molar-refractivity contribution in [1.29, 1.82) is 0 Å². The van der Waals surface area contributed by atoms with Crippen molar-refractivity contribution < 1.29 is 107 Å². The van der Waals surface area contributed by atoms with E-state index in [4.69, 9.17) is 30.8 Å². The molecule has 0 rings (SSSR count). The molecule has 0 N–H and O–H groups in total. The molecule has 0 heterocycles. The molecule has 73 valence electrons. The van der Waals surface area contributed by atoms with Gasteiger partial charge in [-0.2, -0.15) is 0 Å². The van der Waals surface area contributed by atoms with Gasteiger partial charge in [0.15, 0.2) is 0 Å². The third-order valence-corrected chi connectivity index (χ3v) is 0. The molecule has 0 bridgehead atoms. The molecule has 0 fully saturated rings. The normalized spacial score (nSPS) is 8.92. The van der Waals surface area contributed by atoms with E-state index in [1.807, 2.05) is 0 Å². The van der Waals surface area contributed by atoms with Crippen LogP contribution in [0.1, 0.15) is 0 Å². The fraction of sp³-hybridized carbons (Fsp3) is 0. The van der Waals surface area contributed by atoms with Crippen LogP contribution in [0, 0.1) is 0 Å². The van der Waals surface area contributed by atoms with Crippen molar-refractivity contribution in [3.8, 4) is 0 Å². The summed E-state index contributed by atoms with van der Waals surface area (Å²) in [4.78, 5) is 0. The van der Waals surface area contributed by atoms with Crippen molar-refractivity contribution in [3.05, 3.63) is 0 Å². The molecule has 0 aromatic rings. The van der Waals surface area contributed by atoms with Crippen LogP contribution in [0.25, 0.3) is 0 Å². The minimum Gasteiger partial charge on any atom is -0.780 e. The van der Waals surface area contributed by atoms with Gasteiger partial charge >= 0.3 is 76.2 Å². The smallest absolute Gasteiger partial charge is 0.780 e. The van der Waals surface area contributed by atoms with E-state index in [-0.39, 0.29) is 76.2 Å². The zero-order chi connectivity index (χ0) is 9.00. The van der Waals surface area contributed by atoms with E-state index in [9.17, 15) is 0 Å². The van der Waals surface area contributed by atoms with Crippen molar-refractivity contribution in [2.24, 2.45) is 0 Å². The predicted molar refractivity (Wildman–Crippen MR) is 27.5 cm³/mol. The molecule has 0 atom stereocenters. The maximum absolute atomic E-state index is 8.89. The van der Waals surface area contributed by atoms with E-state index in [1.54, 1.807) is 0 Å². The second-order valence-corrected chi connectivity index (χ2v) is 3.67. The van der Waals surface area contributed by atoms with Gasteiger partial charge in [-0.25, -0.2) is 0 Å². The monoisotopic (exact) mass is 317 g/mol. The first-order chi connectivity index (χ1) is 4.00. The molecule has 0 unspecified atom stereocenters. The SMILES string of the molecule is O=S(=O)([O-])[O-].O=S([O-])([O-])=S.[Cu+2].[Na+].[Na+]. The summed E-state index contributed by atoms with van der Waals surface area (Å²) in [5.74, 6) is 0. The number of hydrogen-bond acceptors (Lipinski definition) is 8. The number of hydrogen-bond donors (Lipinski definition) is 0. The molecule has 13 heteroatoms. The van der Waals surface area contributed by atoms with Crippen LogP contribution in [-0.4, -0.2) is 30.8 Å². The summed E-state index contributed by atoms with van der Waals surface area (Å²) in [5.41, 5.74) is 0. The Morgan fingerprint density at radius 2 is 0.846 bits per heavy atom. The van der Waals surface area contributed by atoms with Crippen LogP contribution >= 0.6 is 0 Å². The summed E-state index contributed by atoms with van der Waals surface area (Å²) in [6.45, 7) is 0. The molecule has 13 heavy (non-hydrogen) atoms. The standard InChI is InChI=1S/Cu.2Na.H2O4S.H2O3S2/c;;;2*1-5(2,3)4/h;;;2*(H2,1,2,3,4)/q+2;2*+1;;/p-4. The van der Waals surface area contributed by atoms with Crippen LogP contribution < -0.4 is 59.1 Å². The van der Waals surface area contributed by atoms with Gasteiger partial charge in [-0.15, -0.1) is 9.05 Å². The van der Waals surface area contributed by atoms with Gasteiger partial charge in [-0.1, -0.05) is 0 Å². The Morgan fingerprint density at radius 1 is 0.846 bits per heavy atom. The van der Waals surface area contributed by atoms with Gasteiger partial charge in [0.1, 0.15) is 0 Å². The van der Waals surface area contributed by atoms with Crippen molar-refractivity contribution >= 4 is 30.6 Å². The summed E-state index contributed by atoms with van der Waals surface area (Å²) in [6, 6.07) is 0. The van der Waals surface area contributed by atoms with Gasteiger partial charge in [-0.3, -0.25) is 12.6 Å². The van der Waals surface area contributed by atoms with Crippen LogP contribution in [-0.2, 0) is 47.7 Å². The van der Waals surface area contributed by atoms with Gasteiger partial charge in [-0.05, 0) is 11.2 Å². The Balaban J connectivity index is -0.0000000267. The number of rotatable bonds is 0. The van der Waals surface area contributed by atoms with Crippen molar-refractivity contribution in [2.45, 2.75) is 0 Å².